The summed E-state index contributed by atoms with van der Waals surface area (Å²) in [5, 5.41) is 1.92. The van der Waals surface area contributed by atoms with Crippen molar-refractivity contribution in [1.82, 2.24) is 4.98 Å². The summed E-state index contributed by atoms with van der Waals surface area (Å²) in [6, 6.07) is 7.97. The molecule has 0 aliphatic rings. The van der Waals surface area contributed by atoms with Gasteiger partial charge in [-0.1, -0.05) is 44.5 Å². The number of hydrogen-bond donors (Lipinski definition) is 1. The SMILES string of the molecule is CC(C)(C)c1nc(Cc2ccc(Cl)cc2)sc1CCN. The van der Waals surface area contributed by atoms with Crippen molar-refractivity contribution in [3.63, 3.8) is 0 Å². The van der Waals surface area contributed by atoms with Gasteiger partial charge in [0.1, 0.15) is 0 Å². The number of rotatable bonds is 4. The van der Waals surface area contributed by atoms with Crippen molar-refractivity contribution in [1.29, 1.82) is 0 Å². The highest BCUT2D eigenvalue weighted by atomic mass is 35.5. The minimum absolute atomic E-state index is 0.0687. The monoisotopic (exact) mass is 308 g/mol. The van der Waals surface area contributed by atoms with Crippen LogP contribution in [-0.4, -0.2) is 11.5 Å². The second-order valence-corrected chi connectivity index (χ2v) is 7.58. The van der Waals surface area contributed by atoms with Crippen LogP contribution in [0.2, 0.25) is 5.02 Å². The average molecular weight is 309 g/mol. The summed E-state index contributed by atoms with van der Waals surface area (Å²) in [6.45, 7) is 7.28. The van der Waals surface area contributed by atoms with Gasteiger partial charge >= 0.3 is 0 Å². The number of benzene rings is 1. The molecule has 0 bridgehead atoms. The topological polar surface area (TPSA) is 38.9 Å². The normalized spacial score (nSPS) is 11.8. The van der Waals surface area contributed by atoms with E-state index in [1.54, 1.807) is 11.3 Å². The molecule has 2 nitrogen and oxygen atoms in total. The Balaban J connectivity index is 2.26. The van der Waals surface area contributed by atoms with E-state index in [1.807, 2.05) is 12.1 Å². The Morgan fingerprint density at radius 3 is 2.40 bits per heavy atom. The minimum atomic E-state index is 0.0687. The van der Waals surface area contributed by atoms with E-state index in [9.17, 15) is 0 Å². The summed E-state index contributed by atoms with van der Waals surface area (Å²) in [7, 11) is 0. The van der Waals surface area contributed by atoms with Crippen LogP contribution in [0.5, 0.6) is 0 Å². The Morgan fingerprint density at radius 2 is 1.85 bits per heavy atom. The molecule has 0 unspecified atom stereocenters. The van der Waals surface area contributed by atoms with Gasteiger partial charge in [-0.05, 0) is 30.7 Å². The second kappa shape index (κ2) is 6.25. The molecule has 2 rings (SSSR count). The number of thiazole rings is 1. The lowest BCUT2D eigenvalue weighted by Gasteiger charge is -2.17. The fourth-order valence-corrected chi connectivity index (χ4v) is 3.59. The Bertz CT molecular complexity index is 567. The molecule has 0 saturated carbocycles. The van der Waals surface area contributed by atoms with E-state index < -0.39 is 0 Å². The van der Waals surface area contributed by atoms with Gasteiger partial charge in [-0.2, -0.15) is 0 Å². The molecule has 2 N–H and O–H groups in total. The first-order chi connectivity index (χ1) is 9.40. The molecule has 0 fully saturated rings. The number of hydrogen-bond acceptors (Lipinski definition) is 3. The summed E-state index contributed by atoms with van der Waals surface area (Å²) >= 11 is 7.70. The predicted molar refractivity (Wildman–Crippen MR) is 87.8 cm³/mol. The second-order valence-electron chi connectivity index (χ2n) is 5.97. The molecule has 0 spiro atoms. The first-order valence-electron chi connectivity index (χ1n) is 6.83. The van der Waals surface area contributed by atoms with Crippen LogP contribution < -0.4 is 5.73 Å². The molecule has 0 radical (unpaired) electrons. The first kappa shape index (κ1) is 15.5. The van der Waals surface area contributed by atoms with Gasteiger partial charge in [0.25, 0.3) is 0 Å². The Labute approximate surface area is 130 Å². The van der Waals surface area contributed by atoms with E-state index >= 15 is 0 Å². The van der Waals surface area contributed by atoms with Crippen LogP contribution in [0.25, 0.3) is 0 Å². The Hall–Kier alpha value is -0.900. The van der Waals surface area contributed by atoms with Crippen LogP contribution >= 0.6 is 22.9 Å². The Morgan fingerprint density at radius 1 is 1.20 bits per heavy atom. The van der Waals surface area contributed by atoms with Gasteiger partial charge in [0.2, 0.25) is 0 Å². The summed E-state index contributed by atoms with van der Waals surface area (Å²) in [5.74, 6) is 0. The molecule has 2 aromatic rings. The van der Waals surface area contributed by atoms with Crippen molar-refractivity contribution in [3.05, 3.63) is 50.4 Å². The lowest BCUT2D eigenvalue weighted by atomic mass is 9.91. The minimum Gasteiger partial charge on any atom is -0.330 e. The molecule has 1 aromatic heterocycles. The highest BCUT2D eigenvalue weighted by Gasteiger charge is 2.22. The van der Waals surface area contributed by atoms with Gasteiger partial charge in [-0.25, -0.2) is 4.98 Å². The molecular weight excluding hydrogens is 288 g/mol. The highest BCUT2D eigenvalue weighted by Crippen LogP contribution is 2.31. The summed E-state index contributed by atoms with van der Waals surface area (Å²) in [4.78, 5) is 6.17. The Kier molecular flexibility index (Phi) is 4.84. The summed E-state index contributed by atoms with van der Waals surface area (Å²) in [6.07, 6.45) is 1.76. The van der Waals surface area contributed by atoms with E-state index in [4.69, 9.17) is 22.3 Å². The van der Waals surface area contributed by atoms with E-state index in [0.29, 0.717) is 6.54 Å². The van der Waals surface area contributed by atoms with Crippen molar-refractivity contribution < 1.29 is 0 Å². The molecular formula is C16H21ClN2S. The molecule has 20 heavy (non-hydrogen) atoms. The lowest BCUT2D eigenvalue weighted by Crippen LogP contribution is -2.15. The van der Waals surface area contributed by atoms with Crippen LogP contribution in [0, 0.1) is 0 Å². The maximum absolute atomic E-state index is 5.92. The van der Waals surface area contributed by atoms with E-state index in [1.165, 1.54) is 16.1 Å². The molecule has 1 aromatic carbocycles. The lowest BCUT2D eigenvalue weighted by molar-refractivity contribution is 0.564. The van der Waals surface area contributed by atoms with Gasteiger partial charge in [0, 0.05) is 21.7 Å². The fourth-order valence-electron chi connectivity index (χ4n) is 2.14. The summed E-state index contributed by atoms with van der Waals surface area (Å²) < 4.78 is 0. The van der Waals surface area contributed by atoms with Crippen LogP contribution in [0.3, 0.4) is 0 Å². The number of halogens is 1. The van der Waals surface area contributed by atoms with Crippen LogP contribution in [-0.2, 0) is 18.3 Å². The zero-order chi connectivity index (χ0) is 14.8. The van der Waals surface area contributed by atoms with Gasteiger partial charge in [0.05, 0.1) is 10.7 Å². The third kappa shape index (κ3) is 3.81. The number of aromatic nitrogens is 1. The van der Waals surface area contributed by atoms with Crippen molar-refractivity contribution >= 4 is 22.9 Å². The highest BCUT2D eigenvalue weighted by molar-refractivity contribution is 7.11. The van der Waals surface area contributed by atoms with Gasteiger partial charge < -0.3 is 5.73 Å². The van der Waals surface area contributed by atoms with Crippen molar-refractivity contribution in [2.24, 2.45) is 5.73 Å². The maximum Gasteiger partial charge on any atom is 0.0975 e. The maximum atomic E-state index is 5.92. The van der Waals surface area contributed by atoms with Crippen LogP contribution in [0.1, 0.15) is 41.9 Å². The molecule has 0 amide bonds. The molecule has 0 aliphatic heterocycles. The van der Waals surface area contributed by atoms with E-state index in [-0.39, 0.29) is 5.41 Å². The third-order valence-electron chi connectivity index (χ3n) is 3.09. The molecule has 4 heteroatoms. The van der Waals surface area contributed by atoms with E-state index in [0.717, 1.165) is 22.9 Å². The standard InChI is InChI=1S/C16H21ClN2S/c1-16(2,3)15-13(8-9-18)20-14(19-15)10-11-4-6-12(17)7-5-11/h4-7H,8-10,18H2,1-3H3. The van der Waals surface area contributed by atoms with Crippen molar-refractivity contribution in [2.45, 2.75) is 39.0 Å². The fraction of sp³-hybridized carbons (Fsp3) is 0.438. The molecule has 1 heterocycles. The zero-order valence-electron chi connectivity index (χ0n) is 12.2. The zero-order valence-corrected chi connectivity index (χ0v) is 13.8. The first-order valence-corrected chi connectivity index (χ1v) is 8.03. The van der Waals surface area contributed by atoms with Crippen molar-refractivity contribution in [2.75, 3.05) is 6.54 Å². The molecule has 0 atom stereocenters. The third-order valence-corrected chi connectivity index (χ3v) is 4.46. The molecule has 108 valence electrons. The quantitative estimate of drug-likeness (QED) is 0.920. The van der Waals surface area contributed by atoms with Crippen LogP contribution in [0.15, 0.2) is 24.3 Å². The predicted octanol–water partition coefficient (Wildman–Crippen LogP) is 4.19. The van der Waals surface area contributed by atoms with E-state index in [2.05, 4.69) is 32.9 Å². The number of nitrogens with zero attached hydrogens (tertiary/aromatic N) is 1. The van der Waals surface area contributed by atoms with Gasteiger partial charge in [-0.3, -0.25) is 0 Å². The van der Waals surface area contributed by atoms with Gasteiger partial charge in [-0.15, -0.1) is 11.3 Å². The smallest absolute Gasteiger partial charge is 0.0975 e. The molecule has 0 aliphatic carbocycles. The van der Waals surface area contributed by atoms with Gasteiger partial charge in [0.15, 0.2) is 0 Å². The molecule has 0 saturated heterocycles. The summed E-state index contributed by atoms with van der Waals surface area (Å²) in [5.41, 5.74) is 8.21. The van der Waals surface area contributed by atoms with Crippen molar-refractivity contribution in [3.8, 4) is 0 Å². The van der Waals surface area contributed by atoms with Crippen LogP contribution in [0.4, 0.5) is 0 Å². The number of nitrogens with two attached hydrogens (primary N) is 1. The largest absolute Gasteiger partial charge is 0.330 e. The average Bonchev–Trinajstić information content (AvgIpc) is 2.75.